The minimum atomic E-state index is 0.453. The highest BCUT2D eigenvalue weighted by molar-refractivity contribution is 7.99. The fraction of sp³-hybridized carbons (Fsp3) is 0.300. The number of aryl methyl sites for hydroxylation is 2. The van der Waals surface area contributed by atoms with Gasteiger partial charge < -0.3 is 10.2 Å². The fourth-order valence-electron chi connectivity index (χ4n) is 1.30. The van der Waals surface area contributed by atoms with Crippen molar-refractivity contribution in [3.8, 4) is 0 Å². The van der Waals surface area contributed by atoms with Crippen molar-refractivity contribution in [3.05, 3.63) is 29.3 Å². The van der Waals surface area contributed by atoms with Gasteiger partial charge in [-0.3, -0.25) is 0 Å². The number of aromatic nitrogens is 3. The average Bonchev–Trinajstić information content (AvgIpc) is 2.64. The third-order valence-electron chi connectivity index (χ3n) is 2.15. The molecular weight excluding hydrogens is 224 g/mol. The van der Waals surface area contributed by atoms with Gasteiger partial charge in [0, 0.05) is 25.2 Å². The van der Waals surface area contributed by atoms with Crippen LogP contribution in [0, 0.1) is 13.8 Å². The molecule has 0 spiro atoms. The van der Waals surface area contributed by atoms with Gasteiger partial charge in [0.15, 0.2) is 0 Å². The maximum atomic E-state index is 5.69. The van der Waals surface area contributed by atoms with Crippen LogP contribution in [-0.2, 0) is 6.54 Å². The summed E-state index contributed by atoms with van der Waals surface area (Å²) in [4.78, 5) is 4.27. The van der Waals surface area contributed by atoms with Crippen molar-refractivity contribution in [2.24, 2.45) is 5.73 Å². The summed E-state index contributed by atoms with van der Waals surface area (Å²) in [5.41, 5.74) is 7.83. The summed E-state index contributed by atoms with van der Waals surface area (Å²) in [6, 6.07) is 1.94. The van der Waals surface area contributed by atoms with Crippen LogP contribution < -0.4 is 5.73 Å². The standard InChI is InChI=1S/C10H12N4OS/c1-6-3-4-12-9(8(6)5-11)16-10-14-13-7(2)15-10/h3-4H,5,11H2,1-2H3. The van der Waals surface area contributed by atoms with Gasteiger partial charge in [-0.2, -0.15) is 0 Å². The van der Waals surface area contributed by atoms with E-state index in [4.69, 9.17) is 10.2 Å². The van der Waals surface area contributed by atoms with Gasteiger partial charge in [-0.15, -0.1) is 10.2 Å². The van der Waals surface area contributed by atoms with Crippen LogP contribution >= 0.6 is 11.8 Å². The molecule has 0 aliphatic heterocycles. The molecule has 2 aromatic rings. The van der Waals surface area contributed by atoms with Crippen LogP contribution in [0.4, 0.5) is 0 Å². The number of nitrogens with two attached hydrogens (primary N) is 1. The molecule has 0 saturated heterocycles. The second-order valence-corrected chi connectivity index (χ2v) is 4.24. The van der Waals surface area contributed by atoms with E-state index in [-0.39, 0.29) is 0 Å². The van der Waals surface area contributed by atoms with Gasteiger partial charge in [0.25, 0.3) is 5.22 Å². The second kappa shape index (κ2) is 4.63. The van der Waals surface area contributed by atoms with E-state index < -0.39 is 0 Å². The molecule has 0 bridgehead atoms. The SMILES string of the molecule is Cc1nnc(Sc2nccc(C)c2CN)o1. The minimum absolute atomic E-state index is 0.453. The summed E-state index contributed by atoms with van der Waals surface area (Å²) in [7, 11) is 0. The van der Waals surface area contributed by atoms with Gasteiger partial charge in [0.2, 0.25) is 5.89 Å². The van der Waals surface area contributed by atoms with Crippen LogP contribution in [0.1, 0.15) is 17.0 Å². The van der Waals surface area contributed by atoms with E-state index in [1.807, 2.05) is 13.0 Å². The van der Waals surface area contributed by atoms with Crippen molar-refractivity contribution < 1.29 is 4.42 Å². The molecule has 0 fully saturated rings. The lowest BCUT2D eigenvalue weighted by Gasteiger charge is -2.06. The number of hydrogen-bond donors (Lipinski definition) is 1. The van der Waals surface area contributed by atoms with E-state index in [1.165, 1.54) is 11.8 Å². The molecule has 6 heteroatoms. The Kier molecular flexibility index (Phi) is 3.21. The molecule has 16 heavy (non-hydrogen) atoms. The lowest BCUT2D eigenvalue weighted by Crippen LogP contribution is -2.02. The summed E-state index contributed by atoms with van der Waals surface area (Å²) in [5, 5.41) is 8.99. The Morgan fingerprint density at radius 2 is 2.19 bits per heavy atom. The van der Waals surface area contributed by atoms with Crippen LogP contribution in [0.5, 0.6) is 0 Å². The van der Waals surface area contributed by atoms with Crippen molar-refractivity contribution in [2.45, 2.75) is 30.6 Å². The maximum absolute atomic E-state index is 5.69. The molecule has 0 aliphatic carbocycles. The normalized spacial score (nSPS) is 10.7. The molecule has 2 N–H and O–H groups in total. The molecule has 0 radical (unpaired) electrons. The zero-order chi connectivity index (χ0) is 11.5. The predicted octanol–water partition coefficient (Wildman–Crippen LogP) is 1.69. The summed E-state index contributed by atoms with van der Waals surface area (Å²) >= 11 is 1.34. The third kappa shape index (κ3) is 2.23. The smallest absolute Gasteiger partial charge is 0.282 e. The van der Waals surface area contributed by atoms with Crippen molar-refractivity contribution >= 4 is 11.8 Å². The van der Waals surface area contributed by atoms with Crippen LogP contribution in [0.15, 0.2) is 26.9 Å². The van der Waals surface area contributed by atoms with Gasteiger partial charge in [0.05, 0.1) is 0 Å². The Morgan fingerprint density at radius 1 is 1.38 bits per heavy atom. The molecule has 2 rings (SSSR count). The average molecular weight is 236 g/mol. The van der Waals surface area contributed by atoms with Crippen LogP contribution in [0.25, 0.3) is 0 Å². The summed E-state index contributed by atoms with van der Waals surface area (Å²) < 4.78 is 5.29. The maximum Gasteiger partial charge on any atom is 0.282 e. The molecule has 2 aromatic heterocycles. The zero-order valence-electron chi connectivity index (χ0n) is 9.10. The number of hydrogen-bond acceptors (Lipinski definition) is 6. The van der Waals surface area contributed by atoms with E-state index in [9.17, 15) is 0 Å². The van der Waals surface area contributed by atoms with Crippen LogP contribution in [-0.4, -0.2) is 15.2 Å². The lowest BCUT2D eigenvalue weighted by molar-refractivity contribution is 0.429. The van der Waals surface area contributed by atoms with E-state index in [0.29, 0.717) is 17.7 Å². The predicted molar refractivity (Wildman–Crippen MR) is 60.0 cm³/mol. The molecule has 84 valence electrons. The van der Waals surface area contributed by atoms with E-state index >= 15 is 0 Å². The highest BCUT2D eigenvalue weighted by atomic mass is 32.2. The molecule has 0 aliphatic rings. The molecule has 0 atom stereocenters. The number of rotatable bonds is 3. The first kappa shape index (κ1) is 11.1. The van der Waals surface area contributed by atoms with E-state index in [1.54, 1.807) is 13.1 Å². The largest absolute Gasteiger partial charge is 0.416 e. The highest BCUT2D eigenvalue weighted by Crippen LogP contribution is 2.28. The molecule has 0 unspecified atom stereocenters. The lowest BCUT2D eigenvalue weighted by atomic mass is 10.2. The Balaban J connectivity index is 2.30. The van der Waals surface area contributed by atoms with Crippen molar-refractivity contribution in [1.82, 2.24) is 15.2 Å². The first-order valence-corrected chi connectivity index (χ1v) is 5.65. The molecular formula is C10H12N4OS. The molecule has 0 aromatic carbocycles. The first-order valence-electron chi connectivity index (χ1n) is 4.83. The first-order chi connectivity index (χ1) is 7.70. The third-order valence-corrected chi connectivity index (χ3v) is 3.03. The Labute approximate surface area is 97.5 Å². The quantitative estimate of drug-likeness (QED) is 0.873. The van der Waals surface area contributed by atoms with E-state index in [0.717, 1.165) is 16.2 Å². The number of pyridine rings is 1. The molecule has 0 saturated carbocycles. The second-order valence-electron chi connectivity index (χ2n) is 3.30. The summed E-state index contributed by atoms with van der Waals surface area (Å²) in [6.07, 6.45) is 1.75. The van der Waals surface area contributed by atoms with Crippen LogP contribution in [0.3, 0.4) is 0 Å². The molecule has 0 amide bonds. The van der Waals surface area contributed by atoms with Crippen molar-refractivity contribution in [2.75, 3.05) is 0 Å². The van der Waals surface area contributed by atoms with Gasteiger partial charge in [-0.05, 0) is 30.3 Å². The Hall–Kier alpha value is -1.40. The fourth-order valence-corrected chi connectivity index (χ4v) is 2.19. The van der Waals surface area contributed by atoms with Gasteiger partial charge in [0.1, 0.15) is 5.03 Å². The van der Waals surface area contributed by atoms with Gasteiger partial charge >= 0.3 is 0 Å². The highest BCUT2D eigenvalue weighted by Gasteiger charge is 2.11. The Morgan fingerprint density at radius 3 is 2.81 bits per heavy atom. The summed E-state index contributed by atoms with van der Waals surface area (Å²) in [6.45, 7) is 4.21. The molecule has 5 nitrogen and oxygen atoms in total. The zero-order valence-corrected chi connectivity index (χ0v) is 9.91. The minimum Gasteiger partial charge on any atom is -0.416 e. The Bertz CT molecular complexity index is 497. The molecule has 2 heterocycles. The number of nitrogens with zero attached hydrogens (tertiary/aromatic N) is 3. The van der Waals surface area contributed by atoms with E-state index in [2.05, 4.69) is 15.2 Å². The topological polar surface area (TPSA) is 77.8 Å². The van der Waals surface area contributed by atoms with Gasteiger partial charge in [-0.25, -0.2) is 4.98 Å². The van der Waals surface area contributed by atoms with Gasteiger partial charge in [-0.1, -0.05) is 0 Å². The summed E-state index contributed by atoms with van der Waals surface area (Å²) in [5.74, 6) is 0.546. The van der Waals surface area contributed by atoms with Crippen molar-refractivity contribution in [3.63, 3.8) is 0 Å². The monoisotopic (exact) mass is 236 g/mol. The van der Waals surface area contributed by atoms with Crippen molar-refractivity contribution in [1.29, 1.82) is 0 Å². The van der Waals surface area contributed by atoms with Crippen LogP contribution in [0.2, 0.25) is 0 Å².